The molecule has 2 N–H and O–H groups in total. The number of cyclic esters (lactones) is 1. The highest BCUT2D eigenvalue weighted by atomic mass is 16.6. The van der Waals surface area contributed by atoms with Gasteiger partial charge in [0, 0.05) is 31.1 Å². The van der Waals surface area contributed by atoms with Crippen molar-refractivity contribution in [1.29, 1.82) is 0 Å². The molecule has 2 aromatic rings. The molecule has 1 aliphatic heterocycles. The molecule has 0 bridgehead atoms. The standard InChI is InChI=1S/C21H24N2O5/c1-27-17-9-8-16(19(24)13-17)14-22-20(25)18(12-15-6-3-2-4-7-15)23-10-5-11-28-21(23)26/h2-4,6-9,13,18,24H,5,10-12,14H2,1H3,(H,22,25)/t18-/m0/s1. The monoisotopic (exact) mass is 384 g/mol. The predicted octanol–water partition coefficient (Wildman–Crippen LogP) is 2.47. The van der Waals surface area contributed by atoms with Gasteiger partial charge in [0.05, 0.1) is 13.7 Å². The zero-order valence-corrected chi connectivity index (χ0v) is 15.8. The molecule has 1 aliphatic rings. The van der Waals surface area contributed by atoms with E-state index in [1.54, 1.807) is 12.1 Å². The summed E-state index contributed by atoms with van der Waals surface area (Å²) in [5.74, 6) is 0.278. The molecular weight excluding hydrogens is 360 g/mol. The number of carbonyl (C=O) groups is 2. The van der Waals surface area contributed by atoms with Crippen LogP contribution in [-0.2, 0) is 22.5 Å². The van der Waals surface area contributed by atoms with Gasteiger partial charge >= 0.3 is 6.09 Å². The zero-order chi connectivity index (χ0) is 19.9. The third-order valence-electron chi connectivity index (χ3n) is 4.70. The van der Waals surface area contributed by atoms with Crippen LogP contribution in [0.1, 0.15) is 17.5 Å². The van der Waals surface area contributed by atoms with Gasteiger partial charge in [0.2, 0.25) is 5.91 Å². The van der Waals surface area contributed by atoms with Gasteiger partial charge in [-0.15, -0.1) is 0 Å². The number of hydrogen-bond donors (Lipinski definition) is 2. The molecule has 0 saturated carbocycles. The number of ether oxygens (including phenoxy) is 2. The summed E-state index contributed by atoms with van der Waals surface area (Å²) in [4.78, 5) is 26.6. The Morgan fingerprint density at radius 2 is 2.07 bits per heavy atom. The zero-order valence-electron chi connectivity index (χ0n) is 15.8. The molecule has 7 nitrogen and oxygen atoms in total. The average Bonchev–Trinajstić information content (AvgIpc) is 2.72. The number of nitrogens with zero attached hydrogens (tertiary/aromatic N) is 1. The minimum atomic E-state index is -0.685. The van der Waals surface area contributed by atoms with E-state index in [0.29, 0.717) is 37.3 Å². The molecule has 1 atom stereocenters. The van der Waals surface area contributed by atoms with Crippen molar-refractivity contribution in [3.8, 4) is 11.5 Å². The van der Waals surface area contributed by atoms with Gasteiger partial charge in [-0.1, -0.05) is 30.3 Å². The van der Waals surface area contributed by atoms with Crippen LogP contribution in [0.3, 0.4) is 0 Å². The molecule has 0 aromatic heterocycles. The van der Waals surface area contributed by atoms with E-state index in [1.807, 2.05) is 30.3 Å². The van der Waals surface area contributed by atoms with E-state index < -0.39 is 12.1 Å². The second kappa shape index (κ2) is 9.12. The number of phenolic OH excluding ortho intramolecular Hbond substituents is 1. The number of hydrogen-bond acceptors (Lipinski definition) is 5. The predicted molar refractivity (Wildman–Crippen MR) is 103 cm³/mol. The Morgan fingerprint density at radius 1 is 1.29 bits per heavy atom. The Hall–Kier alpha value is -3.22. The van der Waals surface area contributed by atoms with Gasteiger partial charge in [0.1, 0.15) is 17.5 Å². The van der Waals surface area contributed by atoms with Crippen molar-refractivity contribution < 1.29 is 24.2 Å². The van der Waals surface area contributed by atoms with Crippen LogP contribution >= 0.6 is 0 Å². The van der Waals surface area contributed by atoms with Gasteiger partial charge < -0.3 is 19.9 Å². The molecule has 148 valence electrons. The minimum absolute atomic E-state index is 0.0386. The summed E-state index contributed by atoms with van der Waals surface area (Å²) in [6.07, 6.45) is 0.592. The summed E-state index contributed by atoms with van der Waals surface area (Å²) >= 11 is 0. The fourth-order valence-corrected chi connectivity index (χ4v) is 3.15. The van der Waals surface area contributed by atoms with E-state index in [4.69, 9.17) is 9.47 Å². The summed E-state index contributed by atoms with van der Waals surface area (Å²) < 4.78 is 10.2. The Labute approximate surface area is 163 Å². The van der Waals surface area contributed by atoms with Crippen molar-refractivity contribution in [2.45, 2.75) is 25.4 Å². The second-order valence-electron chi connectivity index (χ2n) is 6.58. The van der Waals surface area contributed by atoms with E-state index in [1.165, 1.54) is 18.1 Å². The lowest BCUT2D eigenvalue weighted by molar-refractivity contribution is -0.126. The molecule has 1 saturated heterocycles. The lowest BCUT2D eigenvalue weighted by Crippen LogP contribution is -2.53. The van der Waals surface area contributed by atoms with Crippen LogP contribution in [0.4, 0.5) is 4.79 Å². The molecule has 0 unspecified atom stereocenters. The van der Waals surface area contributed by atoms with Crippen molar-refractivity contribution in [2.24, 2.45) is 0 Å². The summed E-state index contributed by atoms with van der Waals surface area (Å²) in [6, 6.07) is 13.7. The third-order valence-corrected chi connectivity index (χ3v) is 4.70. The SMILES string of the molecule is COc1ccc(CNC(=O)[C@H](Cc2ccccc2)N2CCCOC2=O)c(O)c1. The van der Waals surface area contributed by atoms with Crippen molar-refractivity contribution in [3.63, 3.8) is 0 Å². The Balaban J connectivity index is 1.73. The summed E-state index contributed by atoms with van der Waals surface area (Å²) in [6.45, 7) is 0.981. The number of nitrogens with one attached hydrogen (secondary N) is 1. The van der Waals surface area contributed by atoms with Gasteiger partial charge in [-0.2, -0.15) is 0 Å². The maximum absolute atomic E-state index is 12.9. The van der Waals surface area contributed by atoms with E-state index >= 15 is 0 Å². The molecule has 3 rings (SSSR count). The first kappa shape index (κ1) is 19.5. The minimum Gasteiger partial charge on any atom is -0.507 e. The average molecular weight is 384 g/mol. The van der Waals surface area contributed by atoms with Crippen LogP contribution in [0, 0.1) is 0 Å². The van der Waals surface area contributed by atoms with Crippen LogP contribution in [-0.4, -0.2) is 48.3 Å². The van der Waals surface area contributed by atoms with Crippen LogP contribution in [0.15, 0.2) is 48.5 Å². The molecule has 0 radical (unpaired) electrons. The summed E-state index contributed by atoms with van der Waals surface area (Å²) in [5, 5.41) is 12.9. The van der Waals surface area contributed by atoms with Crippen LogP contribution in [0.5, 0.6) is 11.5 Å². The van der Waals surface area contributed by atoms with Crippen LogP contribution in [0.2, 0.25) is 0 Å². The highest BCUT2D eigenvalue weighted by molar-refractivity contribution is 5.86. The number of benzene rings is 2. The number of carbonyl (C=O) groups excluding carboxylic acids is 2. The molecule has 1 fully saturated rings. The molecule has 2 aromatic carbocycles. The number of amides is 2. The van der Waals surface area contributed by atoms with E-state index in [0.717, 1.165) is 5.56 Å². The lowest BCUT2D eigenvalue weighted by Gasteiger charge is -2.33. The molecule has 2 amide bonds. The maximum Gasteiger partial charge on any atom is 0.410 e. The molecule has 7 heteroatoms. The largest absolute Gasteiger partial charge is 0.507 e. The summed E-state index contributed by atoms with van der Waals surface area (Å²) in [5.41, 5.74) is 1.52. The molecular formula is C21H24N2O5. The Bertz CT molecular complexity index is 825. The Kier molecular flexibility index (Phi) is 6.37. The smallest absolute Gasteiger partial charge is 0.410 e. The molecule has 28 heavy (non-hydrogen) atoms. The highest BCUT2D eigenvalue weighted by Crippen LogP contribution is 2.23. The fraction of sp³-hybridized carbons (Fsp3) is 0.333. The molecule has 0 spiro atoms. The van der Waals surface area contributed by atoms with Crippen LogP contribution in [0.25, 0.3) is 0 Å². The van der Waals surface area contributed by atoms with Gasteiger partial charge in [-0.25, -0.2) is 4.79 Å². The van der Waals surface area contributed by atoms with E-state index in [9.17, 15) is 14.7 Å². The number of rotatable bonds is 7. The second-order valence-corrected chi connectivity index (χ2v) is 6.58. The molecule has 1 heterocycles. The maximum atomic E-state index is 12.9. The first-order chi connectivity index (χ1) is 13.6. The van der Waals surface area contributed by atoms with Crippen molar-refractivity contribution in [2.75, 3.05) is 20.3 Å². The van der Waals surface area contributed by atoms with Crippen molar-refractivity contribution in [1.82, 2.24) is 10.2 Å². The molecule has 0 aliphatic carbocycles. The van der Waals surface area contributed by atoms with Crippen molar-refractivity contribution in [3.05, 3.63) is 59.7 Å². The van der Waals surface area contributed by atoms with E-state index in [2.05, 4.69) is 5.32 Å². The van der Waals surface area contributed by atoms with Gasteiger partial charge in [-0.3, -0.25) is 9.69 Å². The first-order valence-corrected chi connectivity index (χ1v) is 9.19. The topological polar surface area (TPSA) is 88.1 Å². The third kappa shape index (κ3) is 4.73. The first-order valence-electron chi connectivity index (χ1n) is 9.19. The van der Waals surface area contributed by atoms with Gasteiger partial charge in [-0.05, 0) is 24.1 Å². The van der Waals surface area contributed by atoms with E-state index in [-0.39, 0.29) is 18.2 Å². The van der Waals surface area contributed by atoms with Crippen LogP contribution < -0.4 is 10.1 Å². The lowest BCUT2D eigenvalue weighted by atomic mass is 10.0. The number of aromatic hydroxyl groups is 1. The fourth-order valence-electron chi connectivity index (χ4n) is 3.15. The quantitative estimate of drug-likeness (QED) is 0.766. The number of methoxy groups -OCH3 is 1. The van der Waals surface area contributed by atoms with Crippen molar-refractivity contribution >= 4 is 12.0 Å². The Morgan fingerprint density at radius 3 is 2.75 bits per heavy atom. The van der Waals surface area contributed by atoms with Gasteiger partial charge in [0.25, 0.3) is 0 Å². The highest BCUT2D eigenvalue weighted by Gasteiger charge is 2.32. The van der Waals surface area contributed by atoms with Gasteiger partial charge in [0.15, 0.2) is 0 Å². The summed E-state index contributed by atoms with van der Waals surface area (Å²) in [7, 11) is 1.52. The number of phenols is 1. The normalized spacial score (nSPS) is 14.9.